The highest BCUT2D eigenvalue weighted by Gasteiger charge is 2.50. The van der Waals surface area contributed by atoms with Gasteiger partial charge in [0.15, 0.2) is 5.70 Å². The van der Waals surface area contributed by atoms with Crippen molar-refractivity contribution in [2.24, 2.45) is 4.99 Å². The molecule has 0 saturated carbocycles. The molecule has 29 heavy (non-hydrogen) atoms. The first-order valence-electron chi connectivity index (χ1n) is 9.92. The Morgan fingerprint density at radius 1 is 1.48 bits per heavy atom. The minimum atomic E-state index is -1.83. The molecule has 7 nitrogen and oxygen atoms in total. The van der Waals surface area contributed by atoms with Crippen LogP contribution in [0, 0.1) is 0 Å². The summed E-state index contributed by atoms with van der Waals surface area (Å²) in [5.74, 6) is -0.458. The van der Waals surface area contributed by atoms with Crippen LogP contribution in [-0.4, -0.2) is 73.1 Å². The first-order valence-corrected chi connectivity index (χ1v) is 13.0. The first-order chi connectivity index (χ1) is 13.6. The summed E-state index contributed by atoms with van der Waals surface area (Å²) in [7, 11) is -1.83. The molecule has 0 aromatic heterocycles. The van der Waals surface area contributed by atoms with Crippen LogP contribution in [0.15, 0.2) is 28.2 Å². The maximum absolute atomic E-state index is 12.2. The zero-order valence-electron chi connectivity index (χ0n) is 17.3. The molecule has 1 saturated heterocycles. The third kappa shape index (κ3) is 3.84. The summed E-state index contributed by atoms with van der Waals surface area (Å²) in [4.78, 5) is 30.0. The summed E-state index contributed by atoms with van der Waals surface area (Å²) in [6.45, 7) is 6.48. The number of amides is 1. The van der Waals surface area contributed by atoms with Gasteiger partial charge in [0.25, 0.3) is 0 Å². The molecular weight excluding hydrogens is 412 g/mol. The van der Waals surface area contributed by atoms with Gasteiger partial charge in [-0.25, -0.2) is 14.6 Å². The number of fused-ring (bicyclic) bond motifs is 2. The molecule has 3 rings (SSSR count). The van der Waals surface area contributed by atoms with Crippen molar-refractivity contribution in [3.63, 3.8) is 0 Å². The van der Waals surface area contributed by atoms with Gasteiger partial charge in [0, 0.05) is 17.0 Å². The predicted octanol–water partition coefficient (Wildman–Crippen LogP) is 3.54. The van der Waals surface area contributed by atoms with Crippen LogP contribution in [0.2, 0.25) is 0 Å². The number of aliphatic carboxylic acids is 1. The highest BCUT2D eigenvalue weighted by Crippen LogP contribution is 2.67. The fourth-order valence-corrected chi connectivity index (χ4v) is 9.42. The molecule has 0 aromatic carbocycles. The normalized spacial score (nSPS) is 40.5. The molecule has 3 unspecified atom stereocenters. The standard InChI is InChI=1S/C20H30N2O5S2/c1-5-6-9-20(3)16(23)8-7-15-13(2)27-19(26)22(15)10-11-28-18-21-14(17(24)25)12-29(18,20)4/h7-8,12-13,15-16,23H,5-6,9-11H2,1-4H3,(H,24,25)/b8-7+/t13-,15-,16?,20?/m0/s1. The Kier molecular flexibility index (Phi) is 6.41. The van der Waals surface area contributed by atoms with Crippen LogP contribution in [0.5, 0.6) is 0 Å². The van der Waals surface area contributed by atoms with Gasteiger partial charge in [0.05, 0.1) is 12.1 Å². The number of carboxylic acid groups (broad SMARTS) is 1. The number of hydrogen-bond donors (Lipinski definition) is 2. The van der Waals surface area contributed by atoms with E-state index in [9.17, 15) is 19.8 Å². The lowest BCUT2D eigenvalue weighted by atomic mass is 9.95. The summed E-state index contributed by atoms with van der Waals surface area (Å²) < 4.78 is 5.57. The molecule has 2 N–H and O–H groups in total. The Balaban J connectivity index is 2.07. The van der Waals surface area contributed by atoms with Gasteiger partial charge in [-0.3, -0.25) is 4.90 Å². The van der Waals surface area contributed by atoms with E-state index < -0.39 is 26.8 Å². The first kappa shape index (κ1) is 22.2. The average molecular weight is 443 g/mol. The second kappa shape index (κ2) is 8.35. The van der Waals surface area contributed by atoms with Gasteiger partial charge >= 0.3 is 12.1 Å². The van der Waals surface area contributed by atoms with Crippen LogP contribution in [0.25, 0.3) is 0 Å². The van der Waals surface area contributed by atoms with Crippen molar-refractivity contribution in [1.82, 2.24) is 4.90 Å². The zero-order valence-corrected chi connectivity index (χ0v) is 19.0. The van der Waals surface area contributed by atoms with E-state index in [0.717, 1.165) is 23.6 Å². The molecule has 162 valence electrons. The number of aliphatic hydroxyl groups is 1. The Bertz CT molecular complexity index is 783. The van der Waals surface area contributed by atoms with Crippen LogP contribution in [0.4, 0.5) is 4.79 Å². The van der Waals surface area contributed by atoms with E-state index >= 15 is 0 Å². The van der Waals surface area contributed by atoms with Crippen molar-refractivity contribution < 1.29 is 24.5 Å². The lowest BCUT2D eigenvalue weighted by molar-refractivity contribution is -0.132. The van der Waals surface area contributed by atoms with Crippen molar-refractivity contribution in [2.75, 3.05) is 18.6 Å². The lowest BCUT2D eigenvalue weighted by Gasteiger charge is -2.50. The monoisotopic (exact) mass is 442 g/mol. The third-order valence-corrected chi connectivity index (χ3v) is 12.2. The number of carboxylic acids is 1. The number of carbonyl (C=O) groups excluding carboxylic acids is 1. The van der Waals surface area contributed by atoms with Gasteiger partial charge in [-0.05, 0) is 31.9 Å². The van der Waals surface area contributed by atoms with Gasteiger partial charge in [0.1, 0.15) is 10.5 Å². The Hall–Kier alpha value is -1.45. The minimum absolute atomic E-state index is 0.0491. The number of unbranched alkanes of at least 4 members (excludes halogenated alkanes) is 1. The minimum Gasteiger partial charge on any atom is -0.476 e. The van der Waals surface area contributed by atoms with E-state index in [2.05, 4.69) is 18.2 Å². The van der Waals surface area contributed by atoms with Crippen LogP contribution in [-0.2, 0) is 9.53 Å². The molecule has 0 radical (unpaired) electrons. The molecule has 0 aliphatic carbocycles. The second-order valence-electron chi connectivity index (χ2n) is 8.03. The van der Waals surface area contributed by atoms with Crippen molar-refractivity contribution >= 4 is 38.2 Å². The van der Waals surface area contributed by atoms with E-state index in [1.54, 1.807) is 16.4 Å². The summed E-state index contributed by atoms with van der Waals surface area (Å²) in [5, 5.41) is 22.7. The van der Waals surface area contributed by atoms with Crippen LogP contribution < -0.4 is 0 Å². The average Bonchev–Trinajstić information content (AvgIpc) is 3.14. The molecule has 3 aliphatic rings. The van der Waals surface area contributed by atoms with E-state index in [1.165, 1.54) is 11.8 Å². The van der Waals surface area contributed by atoms with E-state index in [0.29, 0.717) is 12.3 Å². The summed E-state index contributed by atoms with van der Waals surface area (Å²) in [5.41, 5.74) is 0.0491. The number of thioether (sulfide) groups is 1. The number of nitrogens with zero attached hydrogens (tertiary/aromatic N) is 2. The molecule has 3 aliphatic heterocycles. The maximum atomic E-state index is 12.2. The summed E-state index contributed by atoms with van der Waals surface area (Å²) in [6, 6.07) is -0.221. The number of aliphatic hydroxyl groups excluding tert-OH is 1. The fourth-order valence-electron chi connectivity index (χ4n) is 4.04. The van der Waals surface area contributed by atoms with Gasteiger partial charge in [-0.15, -0.1) is 0 Å². The van der Waals surface area contributed by atoms with Crippen LogP contribution in [0.3, 0.4) is 0 Å². The van der Waals surface area contributed by atoms with Gasteiger partial charge in [-0.2, -0.15) is 10.0 Å². The molecule has 0 bridgehead atoms. The topological polar surface area (TPSA) is 99.4 Å². The SMILES string of the molecule is CCCCC1(C)C(O)/C=C/[C@H]2[C@H](C)OC(=O)N2CCSC2=NC(C(=O)O)=CS21C. The van der Waals surface area contributed by atoms with Crippen LogP contribution in [0.1, 0.15) is 40.0 Å². The summed E-state index contributed by atoms with van der Waals surface area (Å²) in [6.07, 6.45) is 6.91. The Morgan fingerprint density at radius 3 is 2.86 bits per heavy atom. The Morgan fingerprint density at radius 2 is 2.21 bits per heavy atom. The predicted molar refractivity (Wildman–Crippen MR) is 119 cm³/mol. The lowest BCUT2D eigenvalue weighted by Crippen LogP contribution is -2.44. The highest BCUT2D eigenvalue weighted by molar-refractivity contribution is 8.59. The molecule has 1 fully saturated rings. The molecule has 0 aromatic rings. The Labute approximate surface area is 177 Å². The number of ether oxygens (including phenoxy) is 1. The molecule has 1 amide bonds. The summed E-state index contributed by atoms with van der Waals surface area (Å²) >= 11 is 1.49. The van der Waals surface area contributed by atoms with Gasteiger partial charge in [-0.1, -0.05) is 43.7 Å². The van der Waals surface area contributed by atoms with E-state index in [-0.39, 0.29) is 23.9 Å². The highest BCUT2D eigenvalue weighted by atomic mass is 32.3. The number of hydrogen-bond acceptors (Lipinski definition) is 6. The number of carbonyl (C=O) groups is 2. The van der Waals surface area contributed by atoms with Crippen LogP contribution >= 0.6 is 21.8 Å². The number of cyclic esters (lactones) is 1. The van der Waals surface area contributed by atoms with E-state index in [1.807, 2.05) is 19.9 Å². The van der Waals surface area contributed by atoms with Crippen molar-refractivity contribution in [1.29, 1.82) is 0 Å². The largest absolute Gasteiger partial charge is 0.476 e. The maximum Gasteiger partial charge on any atom is 0.410 e. The third-order valence-electron chi connectivity index (χ3n) is 6.17. The second-order valence-corrected chi connectivity index (χ2v) is 12.9. The molecule has 9 heteroatoms. The number of rotatable bonds is 4. The molecule has 0 spiro atoms. The zero-order chi connectivity index (χ0) is 21.4. The van der Waals surface area contributed by atoms with Crippen molar-refractivity contribution in [3.8, 4) is 0 Å². The quantitative estimate of drug-likeness (QED) is 0.646. The molecule has 5 atom stereocenters. The fraction of sp³-hybridized carbons (Fsp3) is 0.650. The van der Waals surface area contributed by atoms with E-state index in [4.69, 9.17) is 4.74 Å². The number of aliphatic imine (C=N–C) groups is 1. The van der Waals surface area contributed by atoms with Crippen molar-refractivity contribution in [3.05, 3.63) is 23.3 Å². The van der Waals surface area contributed by atoms with Gasteiger partial charge in [0.2, 0.25) is 0 Å². The molecule has 3 heterocycles. The molecular formula is C20H30N2O5S2. The van der Waals surface area contributed by atoms with Crippen molar-refractivity contribution in [2.45, 2.75) is 63.0 Å². The van der Waals surface area contributed by atoms with Gasteiger partial charge < -0.3 is 14.9 Å². The smallest absolute Gasteiger partial charge is 0.410 e.